The van der Waals surface area contributed by atoms with Gasteiger partial charge in [0, 0.05) is 22.2 Å². The van der Waals surface area contributed by atoms with Crippen LogP contribution in [0.5, 0.6) is 5.75 Å². The zero-order chi connectivity index (χ0) is 21.9. The molecule has 4 amide bonds. The van der Waals surface area contributed by atoms with Crippen LogP contribution in [0.1, 0.15) is 18.1 Å². The normalized spacial score (nSPS) is 18.3. The third-order valence-electron chi connectivity index (χ3n) is 4.94. The van der Waals surface area contributed by atoms with Gasteiger partial charge in [0.25, 0.3) is 5.91 Å². The number of rotatable bonds is 7. The van der Waals surface area contributed by atoms with Crippen molar-refractivity contribution in [2.24, 2.45) is 0 Å². The van der Waals surface area contributed by atoms with E-state index in [4.69, 9.17) is 27.9 Å². The molecule has 2 aromatic carbocycles. The first-order valence-electron chi connectivity index (χ1n) is 9.24. The molecule has 2 aromatic rings. The van der Waals surface area contributed by atoms with E-state index in [0.717, 1.165) is 16.2 Å². The SMILES string of the molecule is COc1ccc(CCNC(=O)CN2C(=O)N[C@@](C)(c3ccc(Cl)cc3Cl)C2=O)cc1. The number of carbonyl (C=O) groups excluding carboxylic acids is 3. The van der Waals surface area contributed by atoms with Crippen molar-refractivity contribution in [3.8, 4) is 5.75 Å². The molecule has 1 heterocycles. The maximum absolute atomic E-state index is 12.9. The van der Waals surface area contributed by atoms with Crippen LogP contribution in [0.15, 0.2) is 42.5 Å². The summed E-state index contributed by atoms with van der Waals surface area (Å²) in [6.07, 6.45) is 0.605. The van der Waals surface area contributed by atoms with E-state index in [1.54, 1.807) is 26.2 Å². The van der Waals surface area contributed by atoms with Crippen molar-refractivity contribution in [1.82, 2.24) is 15.5 Å². The van der Waals surface area contributed by atoms with Crippen molar-refractivity contribution >= 4 is 41.0 Å². The Morgan fingerprint density at radius 2 is 1.87 bits per heavy atom. The van der Waals surface area contributed by atoms with Crippen LogP contribution in [0, 0.1) is 0 Å². The lowest BCUT2D eigenvalue weighted by Gasteiger charge is -2.23. The number of hydrogen-bond donors (Lipinski definition) is 2. The number of ether oxygens (including phenoxy) is 1. The number of amides is 4. The second-order valence-electron chi connectivity index (χ2n) is 7.02. The summed E-state index contributed by atoms with van der Waals surface area (Å²) in [5, 5.41) is 6.02. The quantitative estimate of drug-likeness (QED) is 0.635. The summed E-state index contributed by atoms with van der Waals surface area (Å²) in [6.45, 7) is 1.53. The minimum Gasteiger partial charge on any atom is -0.497 e. The van der Waals surface area contributed by atoms with Gasteiger partial charge in [-0.2, -0.15) is 0 Å². The third-order valence-corrected chi connectivity index (χ3v) is 5.49. The molecule has 0 bridgehead atoms. The maximum atomic E-state index is 12.9. The predicted molar refractivity (Wildman–Crippen MR) is 114 cm³/mol. The molecule has 0 aliphatic carbocycles. The number of imide groups is 1. The average molecular weight is 450 g/mol. The first-order valence-corrected chi connectivity index (χ1v) is 9.99. The fraction of sp³-hybridized carbons (Fsp3) is 0.286. The fourth-order valence-corrected chi connectivity index (χ4v) is 3.85. The standard InChI is InChI=1S/C21H21Cl2N3O4/c1-21(16-8-5-14(22)11-17(16)23)19(28)26(20(29)25-21)12-18(27)24-10-9-13-3-6-15(30-2)7-4-13/h3-8,11H,9-10,12H2,1-2H3,(H,24,27)(H,25,29)/t21-/m0/s1. The fourth-order valence-electron chi connectivity index (χ4n) is 3.26. The van der Waals surface area contributed by atoms with E-state index in [1.165, 1.54) is 6.07 Å². The monoisotopic (exact) mass is 449 g/mol. The van der Waals surface area contributed by atoms with Crippen molar-refractivity contribution < 1.29 is 19.1 Å². The van der Waals surface area contributed by atoms with E-state index in [2.05, 4.69) is 10.6 Å². The summed E-state index contributed by atoms with van der Waals surface area (Å²) in [5.74, 6) is -0.231. The van der Waals surface area contributed by atoms with Crippen LogP contribution in [0.3, 0.4) is 0 Å². The number of urea groups is 1. The van der Waals surface area contributed by atoms with E-state index >= 15 is 0 Å². The molecule has 1 saturated heterocycles. The zero-order valence-corrected chi connectivity index (χ0v) is 18.0. The summed E-state index contributed by atoms with van der Waals surface area (Å²) in [4.78, 5) is 38.5. The van der Waals surface area contributed by atoms with Gasteiger partial charge in [-0.05, 0) is 43.2 Å². The summed E-state index contributed by atoms with van der Waals surface area (Å²) < 4.78 is 5.11. The summed E-state index contributed by atoms with van der Waals surface area (Å²) >= 11 is 12.1. The molecule has 3 rings (SSSR count). The Morgan fingerprint density at radius 3 is 2.50 bits per heavy atom. The van der Waals surface area contributed by atoms with Gasteiger partial charge in [-0.15, -0.1) is 0 Å². The van der Waals surface area contributed by atoms with Crippen molar-refractivity contribution in [2.75, 3.05) is 20.2 Å². The molecule has 0 radical (unpaired) electrons. The van der Waals surface area contributed by atoms with E-state index in [-0.39, 0.29) is 11.6 Å². The molecule has 1 aliphatic heterocycles. The minimum atomic E-state index is -1.37. The lowest BCUT2D eigenvalue weighted by atomic mass is 9.92. The smallest absolute Gasteiger partial charge is 0.325 e. The number of hydrogen-bond acceptors (Lipinski definition) is 4. The Bertz CT molecular complexity index is 981. The van der Waals surface area contributed by atoms with Crippen molar-refractivity contribution in [3.63, 3.8) is 0 Å². The highest BCUT2D eigenvalue weighted by Crippen LogP contribution is 2.34. The molecule has 158 valence electrons. The maximum Gasteiger partial charge on any atom is 0.325 e. The first-order chi connectivity index (χ1) is 14.2. The van der Waals surface area contributed by atoms with E-state index < -0.39 is 23.4 Å². The van der Waals surface area contributed by atoms with Gasteiger partial charge in [-0.3, -0.25) is 14.5 Å². The molecule has 1 aliphatic rings. The Hall–Kier alpha value is -2.77. The zero-order valence-electron chi connectivity index (χ0n) is 16.5. The lowest BCUT2D eigenvalue weighted by Crippen LogP contribution is -2.43. The van der Waals surface area contributed by atoms with Crippen LogP contribution >= 0.6 is 23.2 Å². The molecule has 0 spiro atoms. The van der Waals surface area contributed by atoms with E-state index in [0.29, 0.717) is 23.6 Å². The van der Waals surface area contributed by atoms with Crippen LogP contribution in [0.4, 0.5) is 4.79 Å². The molecule has 7 nitrogen and oxygen atoms in total. The Morgan fingerprint density at radius 1 is 1.17 bits per heavy atom. The van der Waals surface area contributed by atoms with Gasteiger partial charge >= 0.3 is 6.03 Å². The Labute approximate surface area is 184 Å². The summed E-state index contributed by atoms with van der Waals surface area (Å²) in [5.41, 5.74) is 0.0626. The second kappa shape index (κ2) is 8.93. The van der Waals surface area contributed by atoms with Crippen LogP contribution in [0.2, 0.25) is 10.0 Å². The van der Waals surface area contributed by atoms with Gasteiger partial charge in [0.15, 0.2) is 0 Å². The number of methoxy groups -OCH3 is 1. The Balaban J connectivity index is 1.60. The number of halogens is 2. The largest absolute Gasteiger partial charge is 0.497 e. The van der Waals surface area contributed by atoms with E-state index in [9.17, 15) is 14.4 Å². The first kappa shape index (κ1) is 21.9. The van der Waals surface area contributed by atoms with Crippen LogP contribution in [0.25, 0.3) is 0 Å². The van der Waals surface area contributed by atoms with Crippen LogP contribution in [-0.2, 0) is 21.5 Å². The molecule has 30 heavy (non-hydrogen) atoms. The average Bonchev–Trinajstić information content (AvgIpc) is 2.92. The van der Waals surface area contributed by atoms with Crippen molar-refractivity contribution in [3.05, 3.63) is 63.6 Å². The van der Waals surface area contributed by atoms with Gasteiger partial charge in [0.1, 0.15) is 17.8 Å². The summed E-state index contributed by atoms with van der Waals surface area (Å²) in [7, 11) is 1.59. The minimum absolute atomic E-state index is 0.254. The highest BCUT2D eigenvalue weighted by Gasteiger charge is 2.50. The molecular formula is C21H21Cl2N3O4. The predicted octanol–water partition coefficient (Wildman–Crippen LogP) is 3.13. The number of nitrogens with one attached hydrogen (secondary N) is 2. The molecule has 2 N–H and O–H groups in total. The third kappa shape index (κ3) is 4.52. The van der Waals surface area contributed by atoms with Crippen molar-refractivity contribution in [1.29, 1.82) is 0 Å². The van der Waals surface area contributed by atoms with Gasteiger partial charge in [-0.25, -0.2) is 4.79 Å². The van der Waals surface area contributed by atoms with Gasteiger partial charge in [0.2, 0.25) is 5.91 Å². The highest BCUT2D eigenvalue weighted by molar-refractivity contribution is 6.35. The number of benzene rings is 2. The molecule has 0 aromatic heterocycles. The van der Waals surface area contributed by atoms with Crippen molar-refractivity contribution in [2.45, 2.75) is 18.9 Å². The topological polar surface area (TPSA) is 87.7 Å². The Kier molecular flexibility index (Phi) is 6.53. The molecule has 9 heteroatoms. The highest BCUT2D eigenvalue weighted by atomic mass is 35.5. The van der Waals surface area contributed by atoms with Crippen LogP contribution < -0.4 is 15.4 Å². The van der Waals surface area contributed by atoms with Crippen LogP contribution in [-0.4, -0.2) is 42.9 Å². The second-order valence-corrected chi connectivity index (χ2v) is 7.86. The molecule has 0 saturated carbocycles. The van der Waals surface area contributed by atoms with Gasteiger partial charge in [-0.1, -0.05) is 41.4 Å². The van der Waals surface area contributed by atoms with Gasteiger partial charge in [0.05, 0.1) is 7.11 Å². The molecule has 1 fully saturated rings. The van der Waals surface area contributed by atoms with Gasteiger partial charge < -0.3 is 15.4 Å². The lowest BCUT2D eigenvalue weighted by molar-refractivity contribution is -0.134. The number of nitrogens with zero attached hydrogens (tertiary/aromatic N) is 1. The summed E-state index contributed by atoms with van der Waals surface area (Å²) in [6, 6.07) is 11.5. The van der Waals surface area contributed by atoms with E-state index in [1.807, 2.05) is 24.3 Å². The number of carbonyl (C=O) groups is 3. The molecule has 1 atom stereocenters. The molecular weight excluding hydrogens is 429 g/mol. The molecule has 0 unspecified atom stereocenters.